The molecule has 0 N–H and O–H groups in total. The van der Waals surface area contributed by atoms with Crippen LogP contribution in [-0.2, 0) is 0 Å². The van der Waals surface area contributed by atoms with Crippen molar-refractivity contribution >= 4 is 16.5 Å². The van der Waals surface area contributed by atoms with Crippen LogP contribution in [0.3, 0.4) is 0 Å². The van der Waals surface area contributed by atoms with Crippen molar-refractivity contribution in [3.05, 3.63) is 42.5 Å². The zero-order chi connectivity index (χ0) is 25.0. The van der Waals surface area contributed by atoms with E-state index >= 15 is 0 Å². The second-order valence-corrected chi connectivity index (χ2v) is 11.1. The number of halogens is 1. The van der Waals surface area contributed by atoms with Crippen LogP contribution in [0.2, 0.25) is 0 Å². The van der Waals surface area contributed by atoms with E-state index in [-0.39, 0.29) is 12.4 Å². The number of fused-ring (bicyclic) bond motifs is 1. The molecule has 2 aromatic rings. The number of benzene rings is 2. The van der Waals surface area contributed by atoms with Gasteiger partial charge in [-0.1, -0.05) is 141 Å². The molecule has 0 aromatic heterocycles. The first-order chi connectivity index (χ1) is 17.3. The van der Waals surface area contributed by atoms with Crippen molar-refractivity contribution in [3.63, 3.8) is 0 Å². The molecule has 0 aliphatic heterocycles. The summed E-state index contributed by atoms with van der Waals surface area (Å²) in [5.74, 6) is 0. The van der Waals surface area contributed by atoms with Gasteiger partial charge >= 0.3 is 0 Å². The lowest BCUT2D eigenvalue weighted by Crippen LogP contribution is -3.00. The molecule has 206 valence electrons. The van der Waals surface area contributed by atoms with Crippen molar-refractivity contribution in [1.82, 2.24) is 4.48 Å². The van der Waals surface area contributed by atoms with Crippen LogP contribution in [0.15, 0.2) is 42.5 Å². The maximum Gasteiger partial charge on any atom is 0.140 e. The van der Waals surface area contributed by atoms with Crippen molar-refractivity contribution < 1.29 is 12.4 Å². The highest BCUT2D eigenvalue weighted by Gasteiger charge is 2.29. The minimum absolute atomic E-state index is 0. The topological polar surface area (TPSA) is 0 Å². The molecule has 0 fully saturated rings. The summed E-state index contributed by atoms with van der Waals surface area (Å²) in [6.07, 6.45) is 25.6. The van der Waals surface area contributed by atoms with Gasteiger partial charge in [0, 0.05) is 5.39 Å². The largest absolute Gasteiger partial charge is 1.00 e. The number of nitrogens with zero attached hydrogens (tertiary/aromatic N) is 1. The third-order valence-electron chi connectivity index (χ3n) is 8.02. The molecule has 0 spiro atoms. The third-order valence-corrected chi connectivity index (χ3v) is 8.02. The molecule has 0 atom stereocenters. The molecule has 0 heterocycles. The fraction of sp³-hybridized carbons (Fsp3) is 0.706. The van der Waals surface area contributed by atoms with Gasteiger partial charge in [-0.2, -0.15) is 0 Å². The molecule has 0 aliphatic carbocycles. The summed E-state index contributed by atoms with van der Waals surface area (Å²) in [5.41, 5.74) is 1.56. The Kier molecular flexibility index (Phi) is 19.2. The summed E-state index contributed by atoms with van der Waals surface area (Å²) in [6, 6.07) is 16.0. The van der Waals surface area contributed by atoms with E-state index < -0.39 is 0 Å². The lowest BCUT2D eigenvalue weighted by Gasteiger charge is -2.39. The smallest absolute Gasteiger partial charge is 0.140 e. The van der Waals surface area contributed by atoms with Crippen LogP contribution in [0, 0.1) is 0 Å². The predicted molar refractivity (Wildman–Crippen MR) is 160 cm³/mol. The average molecular weight is 516 g/mol. The molecule has 0 saturated carbocycles. The summed E-state index contributed by atoms with van der Waals surface area (Å²) < 4.78 is 1.17. The van der Waals surface area contributed by atoms with Gasteiger partial charge in [0.15, 0.2) is 0 Å². The summed E-state index contributed by atoms with van der Waals surface area (Å²) in [4.78, 5) is 0. The molecular formula is C34H58ClN. The molecule has 2 rings (SSSR count). The Hall–Kier alpha value is -1.05. The zero-order valence-corrected chi connectivity index (χ0v) is 25.0. The molecule has 0 amide bonds. The van der Waals surface area contributed by atoms with E-state index in [0.29, 0.717) is 0 Å². The quantitative estimate of drug-likeness (QED) is 0.109. The third kappa shape index (κ3) is 12.0. The molecule has 0 unspecified atom stereocenters. The highest BCUT2D eigenvalue weighted by molar-refractivity contribution is 5.93. The molecule has 2 heteroatoms. The van der Waals surface area contributed by atoms with Crippen molar-refractivity contribution in [2.45, 2.75) is 136 Å². The van der Waals surface area contributed by atoms with Gasteiger partial charge < -0.3 is 12.4 Å². The van der Waals surface area contributed by atoms with E-state index in [1.165, 1.54) is 150 Å². The first-order valence-corrected chi connectivity index (χ1v) is 15.6. The van der Waals surface area contributed by atoms with Gasteiger partial charge in [-0.05, 0) is 43.2 Å². The fourth-order valence-corrected chi connectivity index (χ4v) is 6.14. The van der Waals surface area contributed by atoms with Gasteiger partial charge in [0.05, 0.1) is 19.6 Å². The number of rotatable bonds is 22. The van der Waals surface area contributed by atoms with E-state index in [2.05, 4.69) is 63.2 Å². The molecular weight excluding hydrogens is 458 g/mol. The average Bonchev–Trinajstić information content (AvgIpc) is 2.88. The molecule has 0 bridgehead atoms. The maximum absolute atomic E-state index is 2.42. The van der Waals surface area contributed by atoms with Crippen LogP contribution in [0.1, 0.15) is 136 Å². The highest BCUT2D eigenvalue weighted by Crippen LogP contribution is 2.33. The highest BCUT2D eigenvalue weighted by atomic mass is 35.5. The Bertz CT molecular complexity index is 759. The standard InChI is InChI=1S/C34H58N.ClH/c1-4-7-8-9-10-11-12-13-14-15-16-17-18-19-20-23-31-35(29-5-2,30-6-3)34-28-24-26-32-25-21-22-27-33(32)34;/h21-22,24-28H,4-20,23,29-31H2,1-3H3;1H/q+1;/p-1. The Balaban J connectivity index is 0.00000648. The van der Waals surface area contributed by atoms with Gasteiger partial charge in [0.1, 0.15) is 5.69 Å². The Morgan fingerprint density at radius 1 is 0.444 bits per heavy atom. The summed E-state index contributed by atoms with van der Waals surface area (Å²) >= 11 is 0. The van der Waals surface area contributed by atoms with E-state index in [4.69, 9.17) is 0 Å². The second-order valence-electron chi connectivity index (χ2n) is 11.1. The summed E-state index contributed by atoms with van der Waals surface area (Å²) in [6.45, 7) is 10.9. The summed E-state index contributed by atoms with van der Waals surface area (Å²) in [5, 5.41) is 2.86. The maximum atomic E-state index is 2.42. The van der Waals surface area contributed by atoms with Crippen LogP contribution >= 0.6 is 0 Å². The first kappa shape index (κ1) is 33.0. The van der Waals surface area contributed by atoms with Crippen molar-refractivity contribution in [2.24, 2.45) is 0 Å². The number of hydrogen-bond acceptors (Lipinski definition) is 0. The molecule has 36 heavy (non-hydrogen) atoms. The van der Waals surface area contributed by atoms with E-state index in [1.807, 2.05) is 0 Å². The first-order valence-electron chi connectivity index (χ1n) is 15.6. The van der Waals surface area contributed by atoms with Gasteiger partial charge in [-0.3, -0.25) is 4.48 Å². The summed E-state index contributed by atoms with van der Waals surface area (Å²) in [7, 11) is 0. The minimum Gasteiger partial charge on any atom is -1.00 e. The predicted octanol–water partition coefficient (Wildman–Crippen LogP) is 8.23. The second kappa shape index (κ2) is 20.9. The normalized spacial score (nSPS) is 11.6. The number of quaternary nitrogens is 1. The number of unbranched alkanes of at least 4 members (excludes halogenated alkanes) is 15. The van der Waals surface area contributed by atoms with Gasteiger partial charge in [0.2, 0.25) is 0 Å². The van der Waals surface area contributed by atoms with E-state index in [1.54, 1.807) is 5.69 Å². The Morgan fingerprint density at radius 3 is 1.39 bits per heavy atom. The van der Waals surface area contributed by atoms with Crippen molar-refractivity contribution in [2.75, 3.05) is 19.6 Å². The Morgan fingerprint density at radius 2 is 0.889 bits per heavy atom. The lowest BCUT2D eigenvalue weighted by atomic mass is 10.0. The number of hydrogen-bond donors (Lipinski definition) is 0. The monoisotopic (exact) mass is 515 g/mol. The van der Waals surface area contributed by atoms with Gasteiger partial charge in [-0.15, -0.1) is 0 Å². The Labute approximate surface area is 231 Å². The molecule has 0 radical (unpaired) electrons. The lowest BCUT2D eigenvalue weighted by molar-refractivity contribution is -0.00000756. The van der Waals surface area contributed by atoms with Crippen LogP contribution in [0.4, 0.5) is 5.69 Å². The van der Waals surface area contributed by atoms with Gasteiger partial charge in [-0.25, -0.2) is 0 Å². The molecule has 0 saturated heterocycles. The molecule has 1 nitrogen and oxygen atoms in total. The zero-order valence-electron chi connectivity index (χ0n) is 24.2. The minimum atomic E-state index is 0. The SMILES string of the molecule is CCCCCCCCCCCCCCCCCC[N+](CCC)(CCC)c1cccc2ccccc12.[Cl-]. The van der Waals surface area contributed by atoms with Crippen molar-refractivity contribution in [1.29, 1.82) is 0 Å². The fourth-order valence-electron chi connectivity index (χ4n) is 6.14. The van der Waals surface area contributed by atoms with Crippen LogP contribution < -0.4 is 16.9 Å². The van der Waals surface area contributed by atoms with E-state index in [9.17, 15) is 0 Å². The van der Waals surface area contributed by atoms with Crippen LogP contribution in [0.25, 0.3) is 10.8 Å². The van der Waals surface area contributed by atoms with Crippen molar-refractivity contribution in [3.8, 4) is 0 Å². The van der Waals surface area contributed by atoms with Crippen LogP contribution in [0.5, 0.6) is 0 Å². The molecule has 2 aromatic carbocycles. The van der Waals surface area contributed by atoms with Gasteiger partial charge in [0.25, 0.3) is 0 Å². The van der Waals surface area contributed by atoms with Crippen LogP contribution in [-0.4, -0.2) is 19.6 Å². The molecule has 0 aliphatic rings. The van der Waals surface area contributed by atoms with E-state index in [0.717, 1.165) is 0 Å².